The fourth-order valence-corrected chi connectivity index (χ4v) is 3.52. The first-order valence-corrected chi connectivity index (χ1v) is 9.00. The van der Waals surface area contributed by atoms with Gasteiger partial charge in [-0.25, -0.2) is 0 Å². The first-order valence-electron chi connectivity index (χ1n) is 9.00. The van der Waals surface area contributed by atoms with Gasteiger partial charge in [0.15, 0.2) is 5.96 Å². The number of nitrogens with one attached hydrogen (secondary N) is 2. The summed E-state index contributed by atoms with van der Waals surface area (Å²) in [4.78, 5) is 9.84. The van der Waals surface area contributed by atoms with Crippen LogP contribution in [0.4, 0.5) is 0 Å². The highest BCUT2D eigenvalue weighted by Gasteiger charge is 2.31. The summed E-state index contributed by atoms with van der Waals surface area (Å²) in [5.74, 6) is 1.66. The van der Waals surface area contributed by atoms with Crippen LogP contribution in [0.3, 0.4) is 0 Å². The fourth-order valence-electron chi connectivity index (χ4n) is 3.52. The molecule has 2 N–H and O–H groups in total. The SMILES string of the molecule is CCNC(=NCC1CCCN1C)NC1CN(C(C)C)CC1C. The van der Waals surface area contributed by atoms with Crippen LogP contribution in [-0.4, -0.2) is 73.7 Å². The molecule has 0 radical (unpaired) electrons. The summed E-state index contributed by atoms with van der Waals surface area (Å²) in [7, 11) is 2.22. The molecule has 0 saturated carbocycles. The second-order valence-corrected chi connectivity index (χ2v) is 7.27. The molecule has 2 rings (SSSR count). The van der Waals surface area contributed by atoms with Crippen molar-refractivity contribution >= 4 is 5.96 Å². The zero-order valence-electron chi connectivity index (χ0n) is 15.1. The van der Waals surface area contributed by atoms with E-state index in [2.05, 4.69) is 55.2 Å². The molecular weight excluding hydrogens is 274 g/mol. The van der Waals surface area contributed by atoms with Gasteiger partial charge < -0.3 is 15.5 Å². The predicted molar refractivity (Wildman–Crippen MR) is 94.4 cm³/mol. The third-order valence-electron chi connectivity index (χ3n) is 5.17. The van der Waals surface area contributed by atoms with E-state index in [0.29, 0.717) is 24.0 Å². The van der Waals surface area contributed by atoms with Gasteiger partial charge in [-0.1, -0.05) is 6.92 Å². The van der Waals surface area contributed by atoms with Crippen LogP contribution in [0.1, 0.15) is 40.5 Å². The third kappa shape index (κ3) is 4.59. The molecular formula is C17H35N5. The maximum Gasteiger partial charge on any atom is 0.191 e. The van der Waals surface area contributed by atoms with Crippen molar-refractivity contribution in [1.29, 1.82) is 0 Å². The minimum absolute atomic E-state index is 0.501. The summed E-state index contributed by atoms with van der Waals surface area (Å²) in [6.07, 6.45) is 2.59. The minimum atomic E-state index is 0.501. The number of nitrogens with zero attached hydrogens (tertiary/aromatic N) is 3. The summed E-state index contributed by atoms with van der Waals surface area (Å²) < 4.78 is 0. The Morgan fingerprint density at radius 1 is 1.32 bits per heavy atom. The fraction of sp³-hybridized carbons (Fsp3) is 0.941. The number of rotatable bonds is 5. The Bertz CT molecular complexity index is 368. The normalized spacial score (nSPS) is 31.2. The summed E-state index contributed by atoms with van der Waals surface area (Å²) in [6, 6.07) is 1.74. The Morgan fingerprint density at radius 2 is 2.09 bits per heavy atom. The summed E-state index contributed by atoms with van der Waals surface area (Å²) in [5.41, 5.74) is 0. The van der Waals surface area contributed by atoms with Crippen molar-refractivity contribution < 1.29 is 0 Å². The molecule has 128 valence electrons. The quantitative estimate of drug-likeness (QED) is 0.594. The van der Waals surface area contributed by atoms with Crippen LogP contribution < -0.4 is 10.6 Å². The van der Waals surface area contributed by atoms with Crippen molar-refractivity contribution in [2.45, 2.75) is 58.7 Å². The van der Waals surface area contributed by atoms with Crippen LogP contribution in [0.25, 0.3) is 0 Å². The lowest BCUT2D eigenvalue weighted by molar-refractivity contribution is 0.265. The zero-order chi connectivity index (χ0) is 16.1. The van der Waals surface area contributed by atoms with Crippen LogP contribution in [0, 0.1) is 5.92 Å². The van der Waals surface area contributed by atoms with E-state index < -0.39 is 0 Å². The molecule has 2 aliphatic heterocycles. The number of hydrogen-bond acceptors (Lipinski definition) is 3. The Morgan fingerprint density at radius 3 is 2.64 bits per heavy atom. The number of guanidine groups is 1. The van der Waals surface area contributed by atoms with E-state index in [1.165, 1.54) is 25.9 Å². The molecule has 2 fully saturated rings. The molecule has 2 heterocycles. The second-order valence-electron chi connectivity index (χ2n) is 7.27. The summed E-state index contributed by atoms with van der Waals surface area (Å²) >= 11 is 0. The molecule has 22 heavy (non-hydrogen) atoms. The van der Waals surface area contributed by atoms with E-state index in [9.17, 15) is 0 Å². The van der Waals surface area contributed by atoms with E-state index in [0.717, 1.165) is 25.6 Å². The van der Waals surface area contributed by atoms with Gasteiger partial charge in [0.1, 0.15) is 0 Å². The smallest absolute Gasteiger partial charge is 0.191 e. The maximum atomic E-state index is 4.85. The van der Waals surface area contributed by atoms with E-state index in [1.54, 1.807) is 0 Å². The van der Waals surface area contributed by atoms with E-state index >= 15 is 0 Å². The number of likely N-dealkylation sites (N-methyl/N-ethyl adjacent to an activating group) is 1. The van der Waals surface area contributed by atoms with Gasteiger partial charge in [-0.15, -0.1) is 0 Å². The molecule has 2 aliphatic rings. The largest absolute Gasteiger partial charge is 0.357 e. The molecule has 5 heteroatoms. The minimum Gasteiger partial charge on any atom is -0.357 e. The van der Waals surface area contributed by atoms with Crippen molar-refractivity contribution in [3.8, 4) is 0 Å². The molecule has 5 nitrogen and oxygen atoms in total. The van der Waals surface area contributed by atoms with Gasteiger partial charge >= 0.3 is 0 Å². The van der Waals surface area contributed by atoms with Crippen molar-refractivity contribution in [3.05, 3.63) is 0 Å². The number of likely N-dealkylation sites (tertiary alicyclic amines) is 2. The first kappa shape index (κ1) is 17.5. The first-order chi connectivity index (χ1) is 10.5. The topological polar surface area (TPSA) is 42.9 Å². The van der Waals surface area contributed by atoms with Crippen LogP contribution >= 0.6 is 0 Å². The van der Waals surface area contributed by atoms with Gasteiger partial charge in [0.2, 0.25) is 0 Å². The molecule has 3 atom stereocenters. The van der Waals surface area contributed by atoms with Crippen molar-refractivity contribution in [2.75, 3.05) is 39.8 Å². The predicted octanol–water partition coefficient (Wildman–Crippen LogP) is 1.36. The van der Waals surface area contributed by atoms with Gasteiger partial charge in [-0.3, -0.25) is 9.89 Å². The highest BCUT2D eigenvalue weighted by atomic mass is 15.3. The lowest BCUT2D eigenvalue weighted by Crippen LogP contribution is -2.47. The average Bonchev–Trinajstić information content (AvgIpc) is 3.03. The molecule has 0 aromatic rings. The molecule has 3 unspecified atom stereocenters. The Labute approximate surface area is 136 Å². The Kier molecular flexibility index (Phi) is 6.50. The van der Waals surface area contributed by atoms with E-state index in [-0.39, 0.29) is 0 Å². The van der Waals surface area contributed by atoms with Crippen molar-refractivity contribution in [1.82, 2.24) is 20.4 Å². The number of hydrogen-bond donors (Lipinski definition) is 2. The molecule has 0 aliphatic carbocycles. The molecule has 0 spiro atoms. The summed E-state index contributed by atoms with van der Waals surface area (Å²) in [5, 5.41) is 7.08. The monoisotopic (exact) mass is 309 g/mol. The Balaban J connectivity index is 1.90. The maximum absolute atomic E-state index is 4.85. The van der Waals surface area contributed by atoms with E-state index in [4.69, 9.17) is 4.99 Å². The van der Waals surface area contributed by atoms with Crippen LogP contribution in [0.2, 0.25) is 0 Å². The highest BCUT2D eigenvalue weighted by molar-refractivity contribution is 5.80. The van der Waals surface area contributed by atoms with Gasteiger partial charge in [-0.2, -0.15) is 0 Å². The third-order valence-corrected chi connectivity index (χ3v) is 5.17. The summed E-state index contributed by atoms with van der Waals surface area (Å²) in [6.45, 7) is 14.4. The zero-order valence-corrected chi connectivity index (χ0v) is 15.1. The van der Waals surface area contributed by atoms with Crippen molar-refractivity contribution in [2.24, 2.45) is 10.9 Å². The lowest BCUT2D eigenvalue weighted by atomic mass is 10.1. The van der Waals surface area contributed by atoms with Gasteiger partial charge in [0.05, 0.1) is 6.54 Å². The number of aliphatic imine (C=N–C) groups is 1. The van der Waals surface area contributed by atoms with Gasteiger partial charge in [-0.05, 0) is 53.1 Å². The average molecular weight is 310 g/mol. The molecule has 0 aromatic heterocycles. The van der Waals surface area contributed by atoms with E-state index in [1.807, 2.05) is 0 Å². The van der Waals surface area contributed by atoms with Crippen LogP contribution in [0.5, 0.6) is 0 Å². The van der Waals surface area contributed by atoms with Crippen LogP contribution in [-0.2, 0) is 0 Å². The van der Waals surface area contributed by atoms with Crippen LogP contribution in [0.15, 0.2) is 4.99 Å². The molecule has 2 saturated heterocycles. The van der Waals surface area contributed by atoms with Gasteiger partial charge in [0.25, 0.3) is 0 Å². The molecule has 0 bridgehead atoms. The highest BCUT2D eigenvalue weighted by Crippen LogP contribution is 2.19. The molecule has 0 amide bonds. The lowest BCUT2D eigenvalue weighted by Gasteiger charge is -2.23. The van der Waals surface area contributed by atoms with Gasteiger partial charge in [0, 0.05) is 37.8 Å². The standard InChI is InChI=1S/C17H35N5/c1-6-18-17(19-10-15-8-7-9-21(15)5)20-16-12-22(13(2)3)11-14(16)4/h13-16H,6-12H2,1-5H3,(H2,18,19,20). The van der Waals surface area contributed by atoms with Crippen molar-refractivity contribution in [3.63, 3.8) is 0 Å². The Hall–Kier alpha value is -0.810. The molecule has 0 aromatic carbocycles. The second kappa shape index (κ2) is 8.16.